The number of ether oxygens (including phenoxy) is 1. The Kier molecular flexibility index (Phi) is 4.10. The van der Waals surface area contributed by atoms with Gasteiger partial charge in [-0.15, -0.1) is 0 Å². The number of halogens is 1. The number of rotatable bonds is 4. The van der Waals surface area contributed by atoms with E-state index in [2.05, 4.69) is 6.92 Å². The monoisotopic (exact) mass is 239 g/mol. The summed E-state index contributed by atoms with van der Waals surface area (Å²) in [6.45, 7) is 4.44. The van der Waals surface area contributed by atoms with Crippen molar-refractivity contribution in [3.63, 3.8) is 0 Å². The molecule has 0 unspecified atom stereocenters. The fraction of sp³-hybridized carbons (Fsp3) is 0.538. The molecule has 0 radical (unpaired) electrons. The van der Waals surface area contributed by atoms with Gasteiger partial charge in [-0.05, 0) is 17.7 Å². The lowest BCUT2D eigenvalue weighted by Gasteiger charge is -2.16. The van der Waals surface area contributed by atoms with E-state index in [1.807, 2.05) is 5.06 Å². The van der Waals surface area contributed by atoms with Crippen LogP contribution in [0.4, 0.5) is 4.39 Å². The quantitative estimate of drug-likeness (QED) is 0.805. The van der Waals surface area contributed by atoms with Crippen molar-refractivity contribution in [2.75, 3.05) is 26.8 Å². The number of hydrogen-bond acceptors (Lipinski definition) is 3. The van der Waals surface area contributed by atoms with Gasteiger partial charge in [-0.25, -0.2) is 4.39 Å². The molecule has 1 aromatic carbocycles. The van der Waals surface area contributed by atoms with Crippen LogP contribution in [0.25, 0.3) is 0 Å². The van der Waals surface area contributed by atoms with Gasteiger partial charge in [-0.3, -0.25) is 4.84 Å². The molecule has 2 atom stereocenters. The largest absolute Gasteiger partial charge is 0.383 e. The predicted octanol–water partition coefficient (Wildman–Crippen LogP) is 2.40. The van der Waals surface area contributed by atoms with Crippen molar-refractivity contribution in [2.45, 2.75) is 13.0 Å². The van der Waals surface area contributed by atoms with E-state index in [0.29, 0.717) is 12.5 Å². The average molecular weight is 239 g/mol. The molecule has 0 spiro atoms. The van der Waals surface area contributed by atoms with E-state index in [1.165, 1.54) is 12.1 Å². The lowest BCUT2D eigenvalue weighted by Crippen LogP contribution is -2.23. The molecule has 1 fully saturated rings. The third-order valence-corrected chi connectivity index (χ3v) is 3.01. The van der Waals surface area contributed by atoms with Crippen LogP contribution in [0.5, 0.6) is 0 Å². The summed E-state index contributed by atoms with van der Waals surface area (Å²) < 4.78 is 17.9. The molecule has 94 valence electrons. The second-order valence-corrected chi connectivity index (χ2v) is 4.44. The van der Waals surface area contributed by atoms with Gasteiger partial charge < -0.3 is 4.74 Å². The van der Waals surface area contributed by atoms with Crippen molar-refractivity contribution < 1.29 is 14.0 Å². The molecule has 0 N–H and O–H groups in total. The van der Waals surface area contributed by atoms with Gasteiger partial charge in [0.05, 0.1) is 6.61 Å². The lowest BCUT2D eigenvalue weighted by atomic mass is 9.98. The number of nitrogens with zero attached hydrogens (tertiary/aromatic N) is 1. The summed E-state index contributed by atoms with van der Waals surface area (Å²) in [5.74, 6) is 0.188. The van der Waals surface area contributed by atoms with Crippen LogP contribution in [0.1, 0.15) is 18.6 Å². The summed E-state index contributed by atoms with van der Waals surface area (Å²) in [5.41, 5.74) is 1.03. The van der Waals surface area contributed by atoms with Gasteiger partial charge in [0.15, 0.2) is 0 Å². The smallest absolute Gasteiger partial charge is 0.123 e. The first-order valence-corrected chi connectivity index (χ1v) is 5.87. The van der Waals surface area contributed by atoms with Crippen molar-refractivity contribution >= 4 is 0 Å². The Morgan fingerprint density at radius 3 is 2.76 bits per heavy atom. The zero-order chi connectivity index (χ0) is 12.3. The first-order valence-electron chi connectivity index (χ1n) is 5.87. The highest BCUT2D eigenvalue weighted by Gasteiger charge is 2.31. The molecular weight excluding hydrogens is 221 g/mol. The van der Waals surface area contributed by atoms with E-state index < -0.39 is 0 Å². The van der Waals surface area contributed by atoms with Crippen LogP contribution in [-0.2, 0) is 9.57 Å². The van der Waals surface area contributed by atoms with E-state index in [9.17, 15) is 4.39 Å². The van der Waals surface area contributed by atoms with Crippen LogP contribution in [0, 0.1) is 11.7 Å². The van der Waals surface area contributed by atoms with Gasteiger partial charge in [0.2, 0.25) is 0 Å². The highest BCUT2D eigenvalue weighted by atomic mass is 19.1. The van der Waals surface area contributed by atoms with E-state index >= 15 is 0 Å². The Bertz CT molecular complexity index is 355. The maximum absolute atomic E-state index is 12.8. The highest BCUT2D eigenvalue weighted by molar-refractivity contribution is 5.19. The summed E-state index contributed by atoms with van der Waals surface area (Å²) in [6, 6.07) is 6.53. The Morgan fingerprint density at radius 1 is 1.41 bits per heavy atom. The molecule has 1 heterocycles. The fourth-order valence-electron chi connectivity index (χ4n) is 2.10. The molecule has 1 aromatic rings. The molecule has 0 aliphatic carbocycles. The SMILES string of the molecule is COCCN1C[C@@H](C)[C@H](c2ccc(F)cc2)O1. The van der Waals surface area contributed by atoms with E-state index in [4.69, 9.17) is 9.57 Å². The number of benzene rings is 1. The Labute approximate surface area is 101 Å². The van der Waals surface area contributed by atoms with Gasteiger partial charge in [0.1, 0.15) is 11.9 Å². The standard InChI is InChI=1S/C13H18FNO2/c1-10-9-15(7-8-16-2)17-13(10)11-3-5-12(14)6-4-11/h3-6,10,13H,7-9H2,1-2H3/t10-,13-/m1/s1. The zero-order valence-corrected chi connectivity index (χ0v) is 10.2. The van der Waals surface area contributed by atoms with Gasteiger partial charge in [0.25, 0.3) is 0 Å². The molecule has 17 heavy (non-hydrogen) atoms. The second kappa shape index (κ2) is 5.58. The average Bonchev–Trinajstić information content (AvgIpc) is 2.69. The molecule has 1 saturated heterocycles. The lowest BCUT2D eigenvalue weighted by molar-refractivity contribution is -0.154. The van der Waals surface area contributed by atoms with Crippen LogP contribution in [0.3, 0.4) is 0 Å². The van der Waals surface area contributed by atoms with Crippen LogP contribution in [0.2, 0.25) is 0 Å². The summed E-state index contributed by atoms with van der Waals surface area (Å²) in [7, 11) is 1.68. The molecule has 2 rings (SSSR count). The molecule has 1 aliphatic rings. The Hall–Kier alpha value is -0.970. The highest BCUT2D eigenvalue weighted by Crippen LogP contribution is 2.33. The van der Waals surface area contributed by atoms with Crippen molar-refractivity contribution in [1.29, 1.82) is 0 Å². The van der Waals surface area contributed by atoms with Crippen molar-refractivity contribution in [1.82, 2.24) is 5.06 Å². The molecule has 0 aromatic heterocycles. The molecule has 0 bridgehead atoms. The van der Waals surface area contributed by atoms with Crippen LogP contribution in [0.15, 0.2) is 24.3 Å². The minimum absolute atomic E-state index is 0.0208. The third-order valence-electron chi connectivity index (χ3n) is 3.01. The van der Waals surface area contributed by atoms with E-state index in [-0.39, 0.29) is 11.9 Å². The van der Waals surface area contributed by atoms with Gasteiger partial charge in [-0.1, -0.05) is 19.1 Å². The second-order valence-electron chi connectivity index (χ2n) is 4.44. The normalized spacial score (nSPS) is 25.4. The molecular formula is C13H18FNO2. The van der Waals surface area contributed by atoms with E-state index in [1.54, 1.807) is 19.2 Å². The van der Waals surface area contributed by atoms with Gasteiger partial charge in [-0.2, -0.15) is 5.06 Å². The molecule has 1 aliphatic heterocycles. The summed E-state index contributed by atoms with van der Waals surface area (Å²) in [6.07, 6.45) is 0.0208. The minimum Gasteiger partial charge on any atom is -0.383 e. The van der Waals surface area contributed by atoms with Crippen molar-refractivity contribution in [3.8, 4) is 0 Å². The van der Waals surface area contributed by atoms with E-state index in [0.717, 1.165) is 18.7 Å². The number of hydroxylamine groups is 2. The summed E-state index contributed by atoms with van der Waals surface area (Å²) in [4.78, 5) is 5.83. The Balaban J connectivity index is 2.00. The minimum atomic E-state index is -0.212. The zero-order valence-electron chi connectivity index (χ0n) is 10.2. The summed E-state index contributed by atoms with van der Waals surface area (Å²) in [5, 5.41) is 1.92. The van der Waals surface area contributed by atoms with Gasteiger partial charge >= 0.3 is 0 Å². The number of methoxy groups -OCH3 is 1. The first kappa shape index (κ1) is 12.5. The van der Waals surface area contributed by atoms with Crippen LogP contribution >= 0.6 is 0 Å². The molecule has 0 amide bonds. The maximum Gasteiger partial charge on any atom is 0.123 e. The molecule has 3 nitrogen and oxygen atoms in total. The van der Waals surface area contributed by atoms with Crippen LogP contribution in [-0.4, -0.2) is 31.9 Å². The van der Waals surface area contributed by atoms with Crippen LogP contribution < -0.4 is 0 Å². The molecule has 4 heteroatoms. The summed E-state index contributed by atoms with van der Waals surface area (Å²) >= 11 is 0. The fourth-order valence-corrected chi connectivity index (χ4v) is 2.10. The van der Waals surface area contributed by atoms with Crippen molar-refractivity contribution in [3.05, 3.63) is 35.6 Å². The molecule has 0 saturated carbocycles. The Morgan fingerprint density at radius 2 is 2.12 bits per heavy atom. The first-order chi connectivity index (χ1) is 8.20. The van der Waals surface area contributed by atoms with Gasteiger partial charge in [0, 0.05) is 26.1 Å². The third kappa shape index (κ3) is 3.03. The topological polar surface area (TPSA) is 21.7 Å². The maximum atomic E-state index is 12.8. The number of hydrogen-bond donors (Lipinski definition) is 0. The van der Waals surface area contributed by atoms with Crippen molar-refractivity contribution in [2.24, 2.45) is 5.92 Å². The predicted molar refractivity (Wildman–Crippen MR) is 62.8 cm³/mol.